The summed E-state index contributed by atoms with van der Waals surface area (Å²) in [5.41, 5.74) is 5.20. The standard InChI is InChI=1S/C23H26FN5O6/c1-27-20(30)10-19(28-8-2-3-17(26)12-28)29(23(27)34)13-18(14-4-6-16(24)7-5-14)35-22(33)15(11-25)9-21(31)32/h4-7,10,15,17-18H,2-3,8-9,12-13,26H2,1H3,(H,31,32)/t15?,17-,18?/m1/s1. The fourth-order valence-corrected chi connectivity index (χ4v) is 3.94. The molecule has 11 nitrogen and oxygen atoms in total. The average molecular weight is 487 g/mol. The number of carboxylic acid groups (broad SMARTS) is 1. The van der Waals surface area contributed by atoms with E-state index in [0.29, 0.717) is 24.5 Å². The molecule has 0 saturated carbocycles. The summed E-state index contributed by atoms with van der Waals surface area (Å²) in [6, 6.07) is 7.74. The van der Waals surface area contributed by atoms with Gasteiger partial charge in [0.25, 0.3) is 5.56 Å². The summed E-state index contributed by atoms with van der Waals surface area (Å²) in [4.78, 5) is 51.0. The highest BCUT2D eigenvalue weighted by Gasteiger charge is 2.29. The van der Waals surface area contributed by atoms with Crippen molar-refractivity contribution in [2.45, 2.75) is 38.0 Å². The Hall–Kier alpha value is -3.98. The Bertz CT molecular complexity index is 1250. The van der Waals surface area contributed by atoms with Crippen molar-refractivity contribution in [2.75, 3.05) is 18.0 Å². The predicted molar refractivity (Wildman–Crippen MR) is 122 cm³/mol. The van der Waals surface area contributed by atoms with Gasteiger partial charge in [-0.2, -0.15) is 5.26 Å². The molecule has 1 aromatic carbocycles. The minimum Gasteiger partial charge on any atom is -0.481 e. The van der Waals surface area contributed by atoms with Crippen LogP contribution in [0.15, 0.2) is 39.9 Å². The number of aromatic nitrogens is 2. The van der Waals surface area contributed by atoms with Gasteiger partial charge in [-0.15, -0.1) is 0 Å². The monoisotopic (exact) mass is 487 g/mol. The van der Waals surface area contributed by atoms with Gasteiger partial charge in [0.05, 0.1) is 19.0 Å². The average Bonchev–Trinajstić information content (AvgIpc) is 2.82. The Labute approximate surface area is 199 Å². The summed E-state index contributed by atoms with van der Waals surface area (Å²) >= 11 is 0. The molecule has 0 radical (unpaired) electrons. The van der Waals surface area contributed by atoms with Crippen LogP contribution in [0.1, 0.15) is 30.9 Å². The summed E-state index contributed by atoms with van der Waals surface area (Å²) in [7, 11) is 1.31. The van der Waals surface area contributed by atoms with E-state index >= 15 is 0 Å². The van der Waals surface area contributed by atoms with E-state index in [-0.39, 0.29) is 12.6 Å². The van der Waals surface area contributed by atoms with Gasteiger partial charge in [0.1, 0.15) is 17.7 Å². The number of rotatable bonds is 8. The normalized spacial score (nSPS) is 17.3. The van der Waals surface area contributed by atoms with Crippen molar-refractivity contribution >= 4 is 17.8 Å². The lowest BCUT2D eigenvalue weighted by Crippen LogP contribution is -2.48. The Morgan fingerprint density at radius 3 is 2.60 bits per heavy atom. The van der Waals surface area contributed by atoms with Crippen LogP contribution in [-0.4, -0.2) is 45.3 Å². The molecule has 1 aliphatic rings. The molecule has 35 heavy (non-hydrogen) atoms. The summed E-state index contributed by atoms with van der Waals surface area (Å²) in [6.45, 7) is 0.690. The Kier molecular flexibility index (Phi) is 8.03. The van der Waals surface area contributed by atoms with E-state index in [1.807, 2.05) is 4.90 Å². The van der Waals surface area contributed by atoms with Crippen molar-refractivity contribution in [1.29, 1.82) is 5.26 Å². The molecule has 1 fully saturated rings. The van der Waals surface area contributed by atoms with Crippen LogP contribution in [0.5, 0.6) is 0 Å². The van der Waals surface area contributed by atoms with Crippen molar-refractivity contribution in [3.8, 4) is 6.07 Å². The van der Waals surface area contributed by atoms with E-state index in [0.717, 1.165) is 29.5 Å². The molecule has 2 aromatic rings. The second-order valence-electron chi connectivity index (χ2n) is 8.40. The minimum absolute atomic E-state index is 0.158. The molecule has 0 aliphatic carbocycles. The fourth-order valence-electron chi connectivity index (χ4n) is 3.94. The SMILES string of the molecule is Cn1c(=O)cc(N2CCC[C@@H](N)C2)n(CC(OC(=O)C(C#N)CC(=O)O)c2ccc(F)cc2)c1=O. The lowest BCUT2D eigenvalue weighted by molar-refractivity contribution is -0.156. The first-order valence-electron chi connectivity index (χ1n) is 11.0. The molecule has 12 heteroatoms. The number of nitrogens with two attached hydrogens (primary N) is 1. The fraction of sp³-hybridized carbons (Fsp3) is 0.435. The van der Waals surface area contributed by atoms with Crippen molar-refractivity contribution in [3.05, 3.63) is 62.6 Å². The predicted octanol–water partition coefficient (Wildman–Crippen LogP) is 0.513. The third kappa shape index (κ3) is 6.13. The Morgan fingerprint density at radius 2 is 2.00 bits per heavy atom. The van der Waals surface area contributed by atoms with E-state index in [9.17, 15) is 28.8 Å². The Balaban J connectivity index is 2.04. The zero-order valence-electron chi connectivity index (χ0n) is 19.1. The molecule has 186 valence electrons. The quantitative estimate of drug-likeness (QED) is 0.506. The first-order chi connectivity index (χ1) is 16.6. The smallest absolute Gasteiger partial charge is 0.332 e. The molecule has 1 aliphatic heterocycles. The molecule has 3 N–H and O–H groups in total. The second-order valence-corrected chi connectivity index (χ2v) is 8.40. The van der Waals surface area contributed by atoms with Crippen LogP contribution >= 0.6 is 0 Å². The molecular formula is C23H26FN5O6. The molecule has 3 atom stereocenters. The third-order valence-electron chi connectivity index (χ3n) is 5.83. The number of piperidine rings is 1. The maximum absolute atomic E-state index is 13.5. The number of nitriles is 1. The maximum Gasteiger partial charge on any atom is 0.332 e. The van der Waals surface area contributed by atoms with Gasteiger partial charge in [-0.3, -0.25) is 23.5 Å². The number of halogens is 1. The van der Waals surface area contributed by atoms with Crippen molar-refractivity contribution < 1.29 is 23.8 Å². The number of anilines is 1. The molecular weight excluding hydrogens is 461 g/mol. The largest absolute Gasteiger partial charge is 0.481 e. The number of benzene rings is 1. The molecule has 0 spiro atoms. The number of ether oxygens (including phenoxy) is 1. The highest BCUT2D eigenvalue weighted by atomic mass is 19.1. The number of carbonyl (C=O) groups excluding carboxylic acids is 1. The number of aliphatic carboxylic acids is 1. The summed E-state index contributed by atoms with van der Waals surface area (Å²) in [5, 5.41) is 18.2. The van der Waals surface area contributed by atoms with Crippen molar-refractivity contribution in [1.82, 2.24) is 9.13 Å². The lowest BCUT2D eigenvalue weighted by atomic mass is 10.1. The van der Waals surface area contributed by atoms with Gasteiger partial charge in [-0.05, 0) is 30.5 Å². The van der Waals surface area contributed by atoms with Gasteiger partial charge in [0.2, 0.25) is 0 Å². The minimum atomic E-state index is -1.58. The number of hydrogen-bond donors (Lipinski definition) is 2. The highest BCUT2D eigenvalue weighted by molar-refractivity contribution is 5.81. The van der Waals surface area contributed by atoms with Crippen LogP contribution in [-0.2, 0) is 27.9 Å². The van der Waals surface area contributed by atoms with Crippen LogP contribution < -0.4 is 21.9 Å². The number of hydrogen-bond acceptors (Lipinski definition) is 8. The van der Waals surface area contributed by atoms with Gasteiger partial charge >= 0.3 is 17.6 Å². The first kappa shape index (κ1) is 25.6. The molecule has 1 aromatic heterocycles. The second kappa shape index (κ2) is 11.0. The number of nitrogens with zero attached hydrogens (tertiary/aromatic N) is 4. The molecule has 2 unspecified atom stereocenters. The Morgan fingerprint density at radius 1 is 1.31 bits per heavy atom. The summed E-state index contributed by atoms with van der Waals surface area (Å²) < 4.78 is 21.2. The highest BCUT2D eigenvalue weighted by Crippen LogP contribution is 2.25. The third-order valence-corrected chi connectivity index (χ3v) is 5.83. The zero-order valence-corrected chi connectivity index (χ0v) is 19.1. The maximum atomic E-state index is 13.5. The van der Waals surface area contributed by atoms with E-state index in [2.05, 4.69) is 0 Å². The van der Waals surface area contributed by atoms with Crippen LogP contribution in [0, 0.1) is 23.1 Å². The van der Waals surface area contributed by atoms with Gasteiger partial charge in [0.15, 0.2) is 5.92 Å². The zero-order chi connectivity index (χ0) is 25.7. The van der Waals surface area contributed by atoms with E-state index in [4.69, 9.17) is 15.6 Å². The first-order valence-corrected chi connectivity index (χ1v) is 11.0. The summed E-state index contributed by atoms with van der Waals surface area (Å²) in [5.74, 6) is -4.28. The molecule has 0 bridgehead atoms. The van der Waals surface area contributed by atoms with Crippen LogP contribution in [0.4, 0.5) is 10.2 Å². The molecule has 1 saturated heterocycles. The summed E-state index contributed by atoms with van der Waals surface area (Å²) in [6.07, 6.45) is -0.400. The van der Waals surface area contributed by atoms with Crippen LogP contribution in [0.2, 0.25) is 0 Å². The van der Waals surface area contributed by atoms with Gasteiger partial charge < -0.3 is 20.5 Å². The van der Waals surface area contributed by atoms with E-state index in [1.165, 1.54) is 29.8 Å². The van der Waals surface area contributed by atoms with Gasteiger partial charge in [-0.1, -0.05) is 12.1 Å². The van der Waals surface area contributed by atoms with Crippen LogP contribution in [0.3, 0.4) is 0 Å². The number of esters is 1. The molecule has 3 rings (SSSR count). The van der Waals surface area contributed by atoms with Crippen molar-refractivity contribution in [2.24, 2.45) is 18.7 Å². The van der Waals surface area contributed by atoms with E-state index in [1.54, 1.807) is 6.07 Å². The topological polar surface area (TPSA) is 161 Å². The number of carboxylic acids is 1. The molecule has 0 amide bonds. The van der Waals surface area contributed by atoms with Crippen LogP contribution in [0.25, 0.3) is 0 Å². The lowest BCUT2D eigenvalue weighted by Gasteiger charge is -2.34. The van der Waals surface area contributed by atoms with E-state index < -0.39 is 47.4 Å². The molecule has 2 heterocycles. The van der Waals surface area contributed by atoms with Gasteiger partial charge in [0, 0.05) is 32.2 Å². The van der Waals surface area contributed by atoms with Crippen molar-refractivity contribution in [3.63, 3.8) is 0 Å². The van der Waals surface area contributed by atoms with Gasteiger partial charge in [-0.25, -0.2) is 9.18 Å². The number of carbonyl (C=O) groups is 2.